The molecule has 4 aromatic heterocycles. The van der Waals surface area contributed by atoms with Crippen molar-refractivity contribution in [1.82, 2.24) is 13.7 Å². The number of benzene rings is 16. The SMILES string of the molecule is [2H]c1c([2H])c([2H])c(-c2ccc3c(c2)N(c2c(-c4ccccc4)cc(C(C)(C)C)cc2-c2ccccc2)c2cc(-n4c5c([2H])c([2H])c([2H])c([2H])c5c5c([2H])c([2H])c([2H])c([2H])c54)cc4c2B3c2ccc(-n3c5ccc(C(C)(C)C)cc5c5cc(C(C)(C)C)ccc53)cc2N4c2cccc3c2oc2c(-n4c5ccc(-c6ccccc6)cc5c5cc(C(C)(C)C)ccc54)cccc23)c([2H])c1[2H]. The van der Waals surface area contributed by atoms with Gasteiger partial charge in [0.05, 0.1) is 73.7 Å². The van der Waals surface area contributed by atoms with Gasteiger partial charge in [-0.15, -0.1) is 0 Å². The molecule has 7 heteroatoms. The number of hydrogen-bond acceptors (Lipinski definition) is 3. The molecule has 20 aromatic rings. The van der Waals surface area contributed by atoms with E-state index < -0.39 is 90.7 Å². The molecule has 0 amide bonds. The second-order valence-corrected chi connectivity index (χ2v) is 36.3. The third-order valence-corrected chi connectivity index (χ3v) is 24.9. The molecule has 0 saturated heterocycles. The van der Waals surface area contributed by atoms with E-state index in [1.54, 1.807) is 4.57 Å². The van der Waals surface area contributed by atoms with Gasteiger partial charge in [-0.2, -0.15) is 0 Å². The Bertz CT molecular complexity index is 8200. The second-order valence-electron chi connectivity index (χ2n) is 36.3. The Kier molecular flexibility index (Phi) is 13.1. The van der Waals surface area contributed by atoms with E-state index in [9.17, 15) is 16.4 Å². The Morgan fingerprint density at radius 3 is 1.22 bits per heavy atom. The molecule has 6 nitrogen and oxygen atoms in total. The zero-order valence-electron chi connectivity index (χ0n) is 81.5. The van der Waals surface area contributed by atoms with Crippen molar-refractivity contribution < 1.29 is 22.2 Å². The molecular weight excluding hydrogens is 1440 g/mol. The van der Waals surface area contributed by atoms with Crippen LogP contribution in [0.15, 0.2) is 344 Å². The molecule has 0 saturated carbocycles. The summed E-state index contributed by atoms with van der Waals surface area (Å²) in [6, 6.07) is 85.0. The summed E-state index contributed by atoms with van der Waals surface area (Å²) in [5.41, 5.74) is 21.9. The van der Waals surface area contributed by atoms with Crippen molar-refractivity contribution in [3.8, 4) is 61.6 Å². The van der Waals surface area contributed by atoms with E-state index in [-0.39, 0.29) is 49.3 Å². The van der Waals surface area contributed by atoms with Gasteiger partial charge in [-0.3, -0.25) is 0 Å². The first-order valence-corrected chi connectivity index (χ1v) is 41.1. The molecule has 0 bridgehead atoms. The number of fused-ring (bicyclic) bond motifs is 16. The summed E-state index contributed by atoms with van der Waals surface area (Å²) < 4.78 is 140. The molecule has 574 valence electrons. The first kappa shape index (κ1) is 59.1. The van der Waals surface area contributed by atoms with Crippen LogP contribution in [0.3, 0.4) is 0 Å². The molecular formula is C112H92BN5O. The molecule has 22 rings (SSSR count). The first-order chi connectivity index (χ1) is 63.0. The Hall–Kier alpha value is -13.6. The average Bonchev–Trinajstić information content (AvgIpc) is 1.05. The van der Waals surface area contributed by atoms with Gasteiger partial charge in [0.1, 0.15) is 0 Å². The summed E-state index contributed by atoms with van der Waals surface area (Å²) in [5, 5.41) is 5.74. The maximum absolute atomic E-state index is 10.3. The van der Waals surface area contributed by atoms with Gasteiger partial charge < -0.3 is 27.9 Å². The van der Waals surface area contributed by atoms with Crippen LogP contribution in [-0.2, 0) is 21.7 Å². The lowest BCUT2D eigenvalue weighted by atomic mass is 9.33. The third kappa shape index (κ3) is 11.4. The summed E-state index contributed by atoms with van der Waals surface area (Å²) >= 11 is 0. The van der Waals surface area contributed by atoms with E-state index in [2.05, 4.69) is 290 Å². The molecule has 119 heavy (non-hydrogen) atoms. The van der Waals surface area contributed by atoms with Crippen molar-refractivity contribution in [2.45, 2.75) is 105 Å². The fourth-order valence-corrected chi connectivity index (χ4v) is 18.9. The highest BCUT2D eigenvalue weighted by atomic mass is 16.3. The zero-order chi connectivity index (χ0) is 92.2. The number of nitrogens with zero attached hydrogens (tertiary/aromatic N) is 5. The number of anilines is 6. The highest BCUT2D eigenvalue weighted by Crippen LogP contribution is 2.55. The monoisotopic (exact) mass is 1550 g/mol. The number of furan rings is 1. The standard InChI is InChI=1S/C112H92BN5O/c1-109(2,3)75-49-56-95-89(62-75)90-63-76(110(4,5)6)50-57-96(90)114(95)79-52-54-92-102(66-79)117(100-46-30-42-84-83-41-29-45-99(107(83)119-108(84)100)116-97-55-48-73(69-31-17-13-18-32-69)59-87(97)88-61-77(111(7,8)9)51-58-98(88)116)103-67-80(115-93-43-27-25-39-81(93)82-40-26-28-44-94(82)115)68-104-105(103)113(92)91-53-47-74(70-33-19-14-20-34-70)60-101(91)118(104)106-85(71-35-21-15-22-36-71)64-78(112(10,11)12)65-86(106)72-37-23-16-24-38-72/h13-68H,1-12H3/i14D,19D,20D,25D,26D,27D,28D,33D,34D,39D,40D,43D,44D. The lowest BCUT2D eigenvalue weighted by Gasteiger charge is -2.45. The van der Waals surface area contributed by atoms with E-state index in [0.717, 1.165) is 121 Å². The van der Waals surface area contributed by atoms with Crippen molar-refractivity contribution in [2.75, 3.05) is 9.80 Å². The van der Waals surface area contributed by atoms with E-state index in [4.69, 9.17) is 5.79 Å². The molecule has 0 radical (unpaired) electrons. The average molecular weight is 1550 g/mol. The van der Waals surface area contributed by atoms with Crippen LogP contribution in [-0.4, -0.2) is 20.4 Å². The quantitative estimate of drug-likeness (QED) is 0.135. The molecule has 2 aliphatic heterocycles. The predicted octanol–water partition coefficient (Wildman–Crippen LogP) is 28.8. The second kappa shape index (κ2) is 26.4. The number of hydrogen-bond donors (Lipinski definition) is 0. The van der Waals surface area contributed by atoms with E-state index in [0.29, 0.717) is 50.9 Å². The minimum atomic E-state index is -0.772. The van der Waals surface area contributed by atoms with Gasteiger partial charge in [0.2, 0.25) is 0 Å². The highest BCUT2D eigenvalue weighted by molar-refractivity contribution is 7.00. The molecule has 0 fully saturated rings. The molecule has 0 N–H and O–H groups in total. The Balaban J connectivity index is 0.935. The van der Waals surface area contributed by atoms with Crippen LogP contribution in [0, 0.1) is 0 Å². The zero-order valence-corrected chi connectivity index (χ0v) is 68.5. The van der Waals surface area contributed by atoms with Gasteiger partial charge in [0.15, 0.2) is 11.2 Å². The summed E-state index contributed by atoms with van der Waals surface area (Å²) in [5.74, 6) is 0. The van der Waals surface area contributed by atoms with Crippen LogP contribution in [0.5, 0.6) is 0 Å². The van der Waals surface area contributed by atoms with E-state index in [1.807, 2.05) is 72.8 Å². The Labute approximate surface area is 714 Å². The molecule has 0 aliphatic carbocycles. The van der Waals surface area contributed by atoms with Crippen LogP contribution in [0.2, 0.25) is 0 Å². The van der Waals surface area contributed by atoms with Crippen molar-refractivity contribution in [1.29, 1.82) is 0 Å². The molecule has 6 heterocycles. The molecule has 0 spiro atoms. The van der Waals surface area contributed by atoms with Crippen molar-refractivity contribution in [3.05, 3.63) is 362 Å². The van der Waals surface area contributed by atoms with Crippen molar-refractivity contribution >= 4 is 145 Å². The van der Waals surface area contributed by atoms with Crippen LogP contribution in [0.1, 0.15) is 123 Å². The van der Waals surface area contributed by atoms with E-state index >= 15 is 0 Å². The minimum Gasteiger partial charge on any atom is -0.452 e. The maximum Gasteiger partial charge on any atom is 0.252 e. The van der Waals surface area contributed by atoms with Crippen LogP contribution < -0.4 is 26.2 Å². The van der Waals surface area contributed by atoms with Gasteiger partial charge in [-0.05, 0) is 209 Å². The normalized spacial score (nSPS) is 14.7. The smallest absolute Gasteiger partial charge is 0.252 e. The molecule has 0 atom stereocenters. The summed E-state index contributed by atoms with van der Waals surface area (Å²) in [4.78, 5) is 4.50. The van der Waals surface area contributed by atoms with Gasteiger partial charge >= 0.3 is 0 Å². The minimum absolute atomic E-state index is 0.0189. The summed E-state index contributed by atoms with van der Waals surface area (Å²) in [6.45, 7) is 26.0. The maximum atomic E-state index is 10.3. The summed E-state index contributed by atoms with van der Waals surface area (Å²) in [6.07, 6.45) is 0. The third-order valence-electron chi connectivity index (χ3n) is 24.9. The number of aromatic nitrogens is 3. The van der Waals surface area contributed by atoms with Crippen LogP contribution >= 0.6 is 0 Å². The van der Waals surface area contributed by atoms with Gasteiger partial charge in [0, 0.05) is 82.7 Å². The molecule has 2 aliphatic rings. The van der Waals surface area contributed by atoms with Crippen LogP contribution in [0.25, 0.3) is 149 Å². The molecule has 0 unspecified atom stereocenters. The van der Waals surface area contributed by atoms with Crippen molar-refractivity contribution in [3.63, 3.8) is 0 Å². The topological polar surface area (TPSA) is 34.4 Å². The lowest BCUT2D eigenvalue weighted by molar-refractivity contribution is 0.590. The largest absolute Gasteiger partial charge is 0.452 e. The van der Waals surface area contributed by atoms with E-state index in [1.165, 1.54) is 16.7 Å². The molecule has 16 aromatic carbocycles. The number of rotatable bonds is 9. The Morgan fingerprint density at radius 1 is 0.261 bits per heavy atom. The lowest BCUT2D eigenvalue weighted by Crippen LogP contribution is -2.61. The highest BCUT2D eigenvalue weighted by Gasteiger charge is 2.46. The predicted molar refractivity (Wildman–Crippen MR) is 507 cm³/mol. The fourth-order valence-electron chi connectivity index (χ4n) is 18.9. The van der Waals surface area contributed by atoms with Gasteiger partial charge in [-0.1, -0.05) is 307 Å². The summed E-state index contributed by atoms with van der Waals surface area (Å²) in [7, 11) is 0. The number of para-hydroxylation sites is 4. The fraction of sp³-hybridized carbons (Fsp3) is 0.143. The Morgan fingerprint density at radius 2 is 0.681 bits per heavy atom. The van der Waals surface area contributed by atoms with Gasteiger partial charge in [-0.25, -0.2) is 0 Å². The van der Waals surface area contributed by atoms with Gasteiger partial charge in [0.25, 0.3) is 6.71 Å². The first-order valence-electron chi connectivity index (χ1n) is 47.6. The van der Waals surface area contributed by atoms with Crippen LogP contribution in [0.4, 0.5) is 34.1 Å². The van der Waals surface area contributed by atoms with Crippen molar-refractivity contribution in [2.24, 2.45) is 0 Å².